The Kier molecular flexibility index (Phi) is 8.30. The number of nitrogens with one attached hydrogen (secondary N) is 2. The van der Waals surface area contributed by atoms with Crippen LogP contribution < -0.4 is 21.1 Å². The third kappa shape index (κ3) is 7.67. The Hall–Kier alpha value is -3.52. The van der Waals surface area contributed by atoms with E-state index < -0.39 is 0 Å². The molecule has 2 aromatic carbocycles. The van der Waals surface area contributed by atoms with Crippen LogP contribution in [0.5, 0.6) is 5.75 Å². The molecule has 0 unspecified atom stereocenters. The van der Waals surface area contributed by atoms with Gasteiger partial charge >= 0.3 is 6.03 Å². The lowest BCUT2D eigenvalue weighted by Gasteiger charge is -2.12. The molecule has 0 bridgehead atoms. The van der Waals surface area contributed by atoms with Crippen molar-refractivity contribution >= 4 is 29.4 Å². The van der Waals surface area contributed by atoms with Gasteiger partial charge in [-0.2, -0.15) is 0 Å². The number of ether oxygens (including phenoxy) is 1. The first-order valence-corrected chi connectivity index (χ1v) is 10.7. The topological polar surface area (TPSA) is 106 Å². The van der Waals surface area contributed by atoms with Crippen molar-refractivity contribution in [3.8, 4) is 5.75 Å². The predicted molar refractivity (Wildman–Crippen MR) is 122 cm³/mol. The lowest BCUT2D eigenvalue weighted by molar-refractivity contribution is -0.117. The molecule has 7 nitrogen and oxygen atoms in total. The molecule has 0 aliphatic heterocycles. The predicted octanol–water partition coefficient (Wildman–Crippen LogP) is 3.95. The molecule has 3 amide bonds. The van der Waals surface area contributed by atoms with Crippen LogP contribution in [0.25, 0.3) is 0 Å². The first-order chi connectivity index (χ1) is 15.1. The van der Waals surface area contributed by atoms with Crippen molar-refractivity contribution in [3.63, 3.8) is 0 Å². The Labute approximate surface area is 185 Å². The van der Waals surface area contributed by atoms with E-state index in [0.717, 1.165) is 21.8 Å². The Morgan fingerprint density at radius 2 is 1.81 bits per heavy atom. The standard InChI is InChI=1S/C23H24N4O3S/c24-22(28)11-13-31-21-6-2-1-5-20(21)27-23(29)26-15-17-7-9-19(10-8-17)30-16-18-4-3-12-25-14-18/h1-10,12,14H,11,13,15-16H2,(H2,24,28)(H2,26,27,29). The average molecular weight is 437 g/mol. The third-order valence-corrected chi connectivity index (χ3v) is 5.32. The number of rotatable bonds is 10. The molecule has 0 fully saturated rings. The van der Waals surface area contributed by atoms with Crippen LogP contribution in [0, 0.1) is 0 Å². The first kappa shape index (κ1) is 22.2. The van der Waals surface area contributed by atoms with E-state index in [0.29, 0.717) is 24.6 Å². The summed E-state index contributed by atoms with van der Waals surface area (Å²) in [5.41, 5.74) is 7.82. The van der Waals surface area contributed by atoms with Crippen LogP contribution in [0.3, 0.4) is 0 Å². The molecule has 0 aliphatic carbocycles. The number of benzene rings is 2. The van der Waals surface area contributed by atoms with Crippen LogP contribution in [0.4, 0.5) is 10.5 Å². The summed E-state index contributed by atoms with van der Waals surface area (Å²) in [4.78, 5) is 28.2. The Morgan fingerprint density at radius 3 is 2.55 bits per heavy atom. The SMILES string of the molecule is NC(=O)CCSc1ccccc1NC(=O)NCc1ccc(OCc2cccnc2)cc1. The molecule has 1 aromatic heterocycles. The highest BCUT2D eigenvalue weighted by Gasteiger charge is 2.08. The van der Waals surface area contributed by atoms with Crippen LogP contribution >= 0.6 is 11.8 Å². The monoisotopic (exact) mass is 436 g/mol. The second-order valence-electron chi connectivity index (χ2n) is 6.66. The minimum Gasteiger partial charge on any atom is -0.489 e. The number of carbonyl (C=O) groups is 2. The zero-order valence-corrected chi connectivity index (χ0v) is 17.7. The van der Waals surface area contributed by atoms with E-state index in [1.807, 2.05) is 60.7 Å². The highest BCUT2D eigenvalue weighted by atomic mass is 32.2. The number of urea groups is 1. The first-order valence-electron chi connectivity index (χ1n) is 9.76. The van der Waals surface area contributed by atoms with Gasteiger partial charge in [0.05, 0.1) is 5.69 Å². The number of hydrogen-bond acceptors (Lipinski definition) is 5. The number of thioether (sulfide) groups is 1. The molecule has 0 radical (unpaired) electrons. The van der Waals surface area contributed by atoms with E-state index in [4.69, 9.17) is 10.5 Å². The van der Waals surface area contributed by atoms with Gasteiger partial charge < -0.3 is 21.1 Å². The van der Waals surface area contributed by atoms with Gasteiger partial charge in [-0.3, -0.25) is 9.78 Å². The summed E-state index contributed by atoms with van der Waals surface area (Å²) in [6.07, 6.45) is 3.78. The van der Waals surface area contributed by atoms with E-state index in [9.17, 15) is 9.59 Å². The quantitative estimate of drug-likeness (QED) is 0.417. The van der Waals surface area contributed by atoms with Crippen molar-refractivity contribution in [3.05, 3.63) is 84.2 Å². The number of aromatic nitrogens is 1. The van der Waals surface area contributed by atoms with Crippen LogP contribution in [0.15, 0.2) is 78.0 Å². The summed E-state index contributed by atoms with van der Waals surface area (Å²) in [7, 11) is 0. The normalized spacial score (nSPS) is 10.3. The Bertz CT molecular complexity index is 997. The fraction of sp³-hybridized carbons (Fsp3) is 0.174. The van der Waals surface area contributed by atoms with Gasteiger partial charge in [0.15, 0.2) is 0 Å². The summed E-state index contributed by atoms with van der Waals surface area (Å²) in [5, 5.41) is 5.69. The molecule has 0 aliphatic rings. The fourth-order valence-electron chi connectivity index (χ4n) is 2.66. The molecule has 31 heavy (non-hydrogen) atoms. The van der Waals surface area contributed by atoms with Crippen molar-refractivity contribution in [2.24, 2.45) is 5.73 Å². The van der Waals surface area contributed by atoms with Gasteiger partial charge in [0.25, 0.3) is 0 Å². The van der Waals surface area contributed by atoms with Crippen molar-refractivity contribution < 1.29 is 14.3 Å². The van der Waals surface area contributed by atoms with Crippen molar-refractivity contribution in [1.82, 2.24) is 10.3 Å². The molecular weight excluding hydrogens is 412 g/mol. The van der Waals surface area contributed by atoms with Crippen LogP contribution in [-0.4, -0.2) is 22.7 Å². The number of primary amides is 1. The number of amides is 3. The zero-order chi connectivity index (χ0) is 21.9. The third-order valence-electron chi connectivity index (χ3n) is 4.25. The molecule has 0 saturated heterocycles. The Morgan fingerprint density at radius 1 is 1.00 bits per heavy atom. The van der Waals surface area contributed by atoms with E-state index >= 15 is 0 Å². The lowest BCUT2D eigenvalue weighted by atomic mass is 10.2. The van der Waals surface area contributed by atoms with Crippen LogP contribution in [-0.2, 0) is 17.9 Å². The lowest BCUT2D eigenvalue weighted by Crippen LogP contribution is -2.28. The molecule has 1 heterocycles. The van der Waals surface area contributed by atoms with Crippen molar-refractivity contribution in [2.75, 3.05) is 11.1 Å². The van der Waals surface area contributed by atoms with Gasteiger partial charge in [-0.15, -0.1) is 11.8 Å². The van der Waals surface area contributed by atoms with E-state index in [1.165, 1.54) is 11.8 Å². The van der Waals surface area contributed by atoms with Crippen molar-refractivity contribution in [2.45, 2.75) is 24.5 Å². The molecule has 4 N–H and O–H groups in total. The van der Waals surface area contributed by atoms with Crippen LogP contribution in [0.1, 0.15) is 17.5 Å². The number of carbonyl (C=O) groups excluding carboxylic acids is 2. The fourth-order valence-corrected chi connectivity index (χ4v) is 3.63. The molecular formula is C23H24N4O3S. The van der Waals surface area contributed by atoms with Gasteiger partial charge in [-0.25, -0.2) is 4.79 Å². The molecule has 0 saturated carbocycles. The van der Waals surface area contributed by atoms with Gasteiger partial charge in [0.2, 0.25) is 5.91 Å². The molecule has 0 spiro atoms. The van der Waals surface area contributed by atoms with Gasteiger partial charge in [-0.05, 0) is 35.9 Å². The van der Waals surface area contributed by atoms with E-state index in [-0.39, 0.29) is 18.4 Å². The molecule has 3 aromatic rings. The summed E-state index contributed by atoms with van der Waals surface area (Å²) < 4.78 is 5.74. The summed E-state index contributed by atoms with van der Waals surface area (Å²) in [6, 6.07) is 18.5. The van der Waals surface area contributed by atoms with E-state index in [2.05, 4.69) is 15.6 Å². The summed E-state index contributed by atoms with van der Waals surface area (Å²) in [6.45, 7) is 0.830. The van der Waals surface area contributed by atoms with Gasteiger partial charge in [0.1, 0.15) is 12.4 Å². The summed E-state index contributed by atoms with van der Waals surface area (Å²) in [5.74, 6) is 0.966. The molecule has 8 heteroatoms. The summed E-state index contributed by atoms with van der Waals surface area (Å²) >= 11 is 1.48. The number of para-hydroxylation sites is 1. The maximum atomic E-state index is 12.3. The number of anilines is 1. The number of nitrogens with two attached hydrogens (primary N) is 1. The molecule has 0 atom stereocenters. The maximum Gasteiger partial charge on any atom is 0.319 e. The van der Waals surface area contributed by atoms with Gasteiger partial charge in [0, 0.05) is 41.6 Å². The van der Waals surface area contributed by atoms with Gasteiger partial charge in [-0.1, -0.05) is 30.3 Å². The maximum absolute atomic E-state index is 12.3. The zero-order valence-electron chi connectivity index (χ0n) is 16.9. The number of hydrogen-bond donors (Lipinski definition) is 3. The van der Waals surface area contributed by atoms with Crippen LogP contribution in [0.2, 0.25) is 0 Å². The number of pyridine rings is 1. The minimum atomic E-state index is -0.343. The smallest absolute Gasteiger partial charge is 0.319 e. The highest BCUT2D eigenvalue weighted by molar-refractivity contribution is 7.99. The second kappa shape index (κ2) is 11.6. The highest BCUT2D eigenvalue weighted by Crippen LogP contribution is 2.27. The van der Waals surface area contributed by atoms with Crippen molar-refractivity contribution in [1.29, 1.82) is 0 Å². The van der Waals surface area contributed by atoms with E-state index in [1.54, 1.807) is 12.4 Å². The number of nitrogens with zero attached hydrogens (tertiary/aromatic N) is 1. The average Bonchev–Trinajstić information content (AvgIpc) is 2.78. The molecule has 160 valence electrons. The Balaban J connectivity index is 1.46. The second-order valence-corrected chi connectivity index (χ2v) is 7.80. The largest absolute Gasteiger partial charge is 0.489 e. The minimum absolute atomic E-state index is 0.285. The molecule has 3 rings (SSSR count).